The monoisotopic (exact) mass is 400 g/mol. The summed E-state index contributed by atoms with van der Waals surface area (Å²) in [4.78, 5) is 26.6. The average Bonchev–Trinajstić information content (AvgIpc) is 2.73. The van der Waals surface area contributed by atoms with Crippen molar-refractivity contribution in [2.24, 2.45) is 11.8 Å². The van der Waals surface area contributed by atoms with Gasteiger partial charge in [-0.25, -0.2) is 0 Å². The van der Waals surface area contributed by atoms with Crippen LogP contribution in [0.25, 0.3) is 0 Å². The molecule has 5 atom stereocenters. The summed E-state index contributed by atoms with van der Waals surface area (Å²) in [5.41, 5.74) is 0.971. The number of carbonyl (C=O) groups is 2. The van der Waals surface area contributed by atoms with Crippen molar-refractivity contribution in [3.63, 3.8) is 0 Å². The normalized spacial score (nSPS) is 32.9. The van der Waals surface area contributed by atoms with E-state index < -0.39 is 0 Å². The van der Waals surface area contributed by atoms with E-state index in [9.17, 15) is 14.7 Å². The third-order valence-corrected chi connectivity index (χ3v) is 6.89. The first-order valence-electron chi connectivity index (χ1n) is 11.0. The molecule has 2 N–H and O–H groups in total. The van der Waals surface area contributed by atoms with E-state index in [4.69, 9.17) is 4.74 Å². The number of rotatable bonds is 5. The summed E-state index contributed by atoms with van der Waals surface area (Å²) in [5.74, 6) is 0.551. The van der Waals surface area contributed by atoms with Crippen LogP contribution in [0.5, 0.6) is 0 Å². The summed E-state index contributed by atoms with van der Waals surface area (Å²) < 4.78 is 5.79. The van der Waals surface area contributed by atoms with E-state index >= 15 is 0 Å². The van der Waals surface area contributed by atoms with Gasteiger partial charge in [0.15, 0.2) is 0 Å². The van der Waals surface area contributed by atoms with Gasteiger partial charge >= 0.3 is 5.97 Å². The van der Waals surface area contributed by atoms with Crippen LogP contribution in [0.2, 0.25) is 0 Å². The zero-order valence-electron chi connectivity index (χ0n) is 17.0. The number of carbonyl (C=O) groups excluding carboxylic acids is 2. The molecule has 0 radical (unpaired) electrons. The number of amides is 1. The lowest BCUT2D eigenvalue weighted by atomic mass is 9.75. The zero-order valence-corrected chi connectivity index (χ0v) is 17.0. The predicted molar refractivity (Wildman–Crippen MR) is 109 cm³/mol. The van der Waals surface area contributed by atoms with Crippen molar-refractivity contribution in [3.8, 4) is 0 Å². The molecule has 0 saturated carbocycles. The Morgan fingerprint density at radius 1 is 1.21 bits per heavy atom. The molecular formula is C23H32N2O4. The minimum atomic E-state index is -0.172. The molecule has 0 spiro atoms. The Bertz CT molecular complexity index is 702. The van der Waals surface area contributed by atoms with Crippen LogP contribution in [0, 0.1) is 11.8 Å². The van der Waals surface area contributed by atoms with Gasteiger partial charge in [-0.15, -0.1) is 0 Å². The molecule has 3 fully saturated rings. The maximum absolute atomic E-state index is 12.4. The number of benzene rings is 1. The lowest BCUT2D eigenvalue weighted by Crippen LogP contribution is -2.59. The van der Waals surface area contributed by atoms with Crippen LogP contribution in [-0.4, -0.2) is 59.8 Å². The second-order valence-electron chi connectivity index (χ2n) is 8.87. The second kappa shape index (κ2) is 9.26. The van der Waals surface area contributed by atoms with E-state index in [0.717, 1.165) is 50.8 Å². The van der Waals surface area contributed by atoms with Gasteiger partial charge in [-0.05, 0) is 43.1 Å². The van der Waals surface area contributed by atoms with Crippen LogP contribution in [0.1, 0.15) is 44.1 Å². The third kappa shape index (κ3) is 4.98. The van der Waals surface area contributed by atoms with Gasteiger partial charge in [0.25, 0.3) is 0 Å². The minimum absolute atomic E-state index is 0.0764. The molecule has 6 heteroatoms. The van der Waals surface area contributed by atoms with Crippen molar-refractivity contribution >= 4 is 11.9 Å². The Labute approximate surface area is 172 Å². The molecule has 1 amide bonds. The van der Waals surface area contributed by atoms with E-state index in [1.165, 1.54) is 0 Å². The second-order valence-corrected chi connectivity index (χ2v) is 8.87. The molecule has 3 saturated heterocycles. The molecule has 0 bridgehead atoms. The molecular weight excluding hydrogens is 368 g/mol. The first-order chi connectivity index (χ1) is 14.1. The first kappa shape index (κ1) is 20.4. The largest absolute Gasteiger partial charge is 0.462 e. The maximum atomic E-state index is 12.4. The highest BCUT2D eigenvalue weighted by Crippen LogP contribution is 2.37. The highest BCUT2D eigenvalue weighted by molar-refractivity contribution is 5.77. The number of esters is 1. The number of nitrogens with zero attached hydrogens (tertiary/aromatic N) is 1. The Kier molecular flexibility index (Phi) is 6.50. The van der Waals surface area contributed by atoms with Gasteiger partial charge < -0.3 is 15.2 Å². The van der Waals surface area contributed by atoms with Crippen LogP contribution < -0.4 is 5.32 Å². The minimum Gasteiger partial charge on any atom is -0.462 e. The third-order valence-electron chi connectivity index (χ3n) is 6.89. The molecule has 0 aliphatic carbocycles. The fourth-order valence-electron chi connectivity index (χ4n) is 5.42. The quantitative estimate of drug-likeness (QED) is 0.738. The molecule has 3 aliphatic rings. The lowest BCUT2D eigenvalue weighted by molar-refractivity contribution is -0.153. The van der Waals surface area contributed by atoms with Crippen LogP contribution in [0.3, 0.4) is 0 Å². The highest BCUT2D eigenvalue weighted by Gasteiger charge is 2.43. The van der Waals surface area contributed by atoms with Crippen molar-refractivity contribution in [2.45, 2.75) is 63.1 Å². The maximum Gasteiger partial charge on any atom is 0.310 e. The van der Waals surface area contributed by atoms with Crippen LogP contribution >= 0.6 is 0 Å². The number of fused-ring (bicyclic) bond motifs is 1. The SMILES string of the molecule is O=C1CCCC(C2CC(CO)C3CC(OC(=O)Cc4ccccc4)CCN3C2)N1. The van der Waals surface area contributed by atoms with Crippen molar-refractivity contribution in [1.82, 2.24) is 10.2 Å². The molecule has 1 aromatic rings. The van der Waals surface area contributed by atoms with Crippen LogP contribution in [-0.2, 0) is 20.7 Å². The van der Waals surface area contributed by atoms with E-state index in [-0.39, 0.29) is 42.6 Å². The summed E-state index contributed by atoms with van der Waals surface area (Å²) in [6.45, 7) is 1.97. The summed E-state index contributed by atoms with van der Waals surface area (Å²) in [5, 5.41) is 13.2. The van der Waals surface area contributed by atoms with Crippen molar-refractivity contribution in [3.05, 3.63) is 35.9 Å². The molecule has 158 valence electrons. The Balaban J connectivity index is 1.33. The van der Waals surface area contributed by atoms with E-state index in [2.05, 4.69) is 10.2 Å². The van der Waals surface area contributed by atoms with E-state index in [1.54, 1.807) is 0 Å². The molecule has 5 unspecified atom stereocenters. The zero-order chi connectivity index (χ0) is 20.2. The predicted octanol–water partition coefficient (Wildman–Crippen LogP) is 1.90. The molecule has 0 aromatic heterocycles. The van der Waals surface area contributed by atoms with Gasteiger partial charge in [-0.1, -0.05) is 30.3 Å². The van der Waals surface area contributed by atoms with Gasteiger partial charge in [-0.3, -0.25) is 14.5 Å². The number of piperidine rings is 3. The standard InChI is InChI=1S/C23H32N2O4/c26-15-18-12-17(20-7-4-8-22(27)24-20)14-25-10-9-19(13-21(18)25)29-23(28)11-16-5-2-1-3-6-16/h1-3,5-6,17-21,26H,4,7-15H2,(H,24,27). The molecule has 4 rings (SSSR count). The average molecular weight is 401 g/mol. The number of aliphatic hydroxyl groups is 1. The molecule has 3 aliphatic heterocycles. The van der Waals surface area contributed by atoms with E-state index in [1.807, 2.05) is 30.3 Å². The first-order valence-corrected chi connectivity index (χ1v) is 11.0. The topological polar surface area (TPSA) is 78.9 Å². The lowest BCUT2D eigenvalue weighted by Gasteiger charge is -2.50. The summed E-state index contributed by atoms with van der Waals surface area (Å²) >= 11 is 0. The van der Waals surface area contributed by atoms with Crippen LogP contribution in [0.4, 0.5) is 0 Å². The fraction of sp³-hybridized carbons (Fsp3) is 0.652. The Morgan fingerprint density at radius 2 is 2.03 bits per heavy atom. The Hall–Kier alpha value is -1.92. The van der Waals surface area contributed by atoms with Gasteiger partial charge in [0.2, 0.25) is 5.91 Å². The number of nitrogens with one attached hydrogen (secondary N) is 1. The molecule has 1 aromatic carbocycles. The summed E-state index contributed by atoms with van der Waals surface area (Å²) in [6, 6.07) is 10.2. The summed E-state index contributed by atoms with van der Waals surface area (Å²) in [6.07, 6.45) is 5.40. The number of aliphatic hydroxyl groups excluding tert-OH is 1. The van der Waals surface area contributed by atoms with Crippen molar-refractivity contribution < 1.29 is 19.4 Å². The summed E-state index contributed by atoms with van der Waals surface area (Å²) in [7, 11) is 0. The Morgan fingerprint density at radius 3 is 2.79 bits per heavy atom. The molecule has 6 nitrogen and oxygen atoms in total. The van der Waals surface area contributed by atoms with Crippen LogP contribution in [0.15, 0.2) is 30.3 Å². The van der Waals surface area contributed by atoms with Gasteiger partial charge in [-0.2, -0.15) is 0 Å². The number of hydrogen-bond donors (Lipinski definition) is 2. The van der Waals surface area contributed by atoms with Gasteiger partial charge in [0.05, 0.1) is 6.42 Å². The van der Waals surface area contributed by atoms with Crippen molar-refractivity contribution in [1.29, 1.82) is 0 Å². The number of ether oxygens (including phenoxy) is 1. The highest BCUT2D eigenvalue weighted by atomic mass is 16.5. The fourth-order valence-corrected chi connectivity index (χ4v) is 5.42. The molecule has 29 heavy (non-hydrogen) atoms. The number of hydrogen-bond acceptors (Lipinski definition) is 5. The van der Waals surface area contributed by atoms with E-state index in [0.29, 0.717) is 18.8 Å². The van der Waals surface area contributed by atoms with Gasteiger partial charge in [0.1, 0.15) is 6.10 Å². The van der Waals surface area contributed by atoms with Crippen molar-refractivity contribution in [2.75, 3.05) is 19.7 Å². The smallest absolute Gasteiger partial charge is 0.310 e. The van der Waals surface area contributed by atoms with Gasteiger partial charge in [0, 0.05) is 44.6 Å². The molecule has 3 heterocycles.